The molecule has 6 atom stereocenters. The zero-order valence-electron chi connectivity index (χ0n) is 26.8. The number of nitrogens with one attached hydrogen (secondary N) is 7. The van der Waals surface area contributed by atoms with E-state index in [1.165, 1.54) is 19.4 Å². The maximum absolute atomic E-state index is 13.9. The molecule has 2 heterocycles. The van der Waals surface area contributed by atoms with Crippen molar-refractivity contribution in [1.29, 1.82) is 0 Å². The number of carboxylic acid groups (broad SMARTS) is 2. The normalized spacial score (nSPS) is 14.6. The van der Waals surface area contributed by atoms with E-state index < -0.39 is 90.7 Å². The molecule has 0 radical (unpaired) electrons. The Morgan fingerprint density at radius 2 is 1.42 bits per heavy atom. The van der Waals surface area contributed by atoms with Gasteiger partial charge in [-0.25, -0.2) is 9.78 Å². The van der Waals surface area contributed by atoms with Crippen LogP contribution in [0.2, 0.25) is 0 Å². The summed E-state index contributed by atoms with van der Waals surface area (Å²) >= 11 is 4.05. The van der Waals surface area contributed by atoms with Gasteiger partial charge in [-0.15, -0.1) is 0 Å². The van der Waals surface area contributed by atoms with Gasteiger partial charge in [0.05, 0.1) is 24.5 Å². The molecule has 50 heavy (non-hydrogen) atoms. The third-order valence-electron chi connectivity index (χ3n) is 7.48. The summed E-state index contributed by atoms with van der Waals surface area (Å²) in [4.78, 5) is 98.0. The summed E-state index contributed by atoms with van der Waals surface area (Å²) in [6, 6.07) is -0.868. The Kier molecular flexibility index (Phi) is 14.3. The number of thiol groups is 1. The molecule has 5 amide bonds. The molecule has 20 heteroatoms. The van der Waals surface area contributed by atoms with Gasteiger partial charge in [0.1, 0.15) is 30.2 Å². The summed E-state index contributed by atoms with van der Waals surface area (Å²) in [5.41, 5.74) is 12.8. The van der Waals surface area contributed by atoms with Crippen LogP contribution < -0.4 is 38.1 Å². The van der Waals surface area contributed by atoms with Gasteiger partial charge in [0.25, 0.3) is 0 Å². The highest BCUT2D eigenvalue weighted by atomic mass is 32.1. The standard InChI is InChI=1S/C30H40N10O9S/c1-14(36-29(47)23(12-50)40-26(44)18(32)8-24(41)42)25(43)37-20(6-15-10-34-19-5-3-2-4-17(15)19)27(45)38-21(7-16-11-33-13-35-16)28(46)39-22(9-31)30(48)49/h2-5,10-11,13-14,18,20-23,34,50H,6-9,12,31-32H2,1H3,(H,33,35)(H,36,47)(H,37,43)(H,38,45)(H,39,46)(H,40,44)(H,41,42)(H,48,49)/t14-,18-,20-,21-,22-,23-/m0/s1. The van der Waals surface area contributed by atoms with Crippen molar-refractivity contribution in [2.45, 2.75) is 62.4 Å². The van der Waals surface area contributed by atoms with E-state index in [1.807, 2.05) is 18.2 Å². The molecule has 13 N–H and O–H groups in total. The van der Waals surface area contributed by atoms with Crippen LogP contribution >= 0.6 is 12.6 Å². The predicted molar refractivity (Wildman–Crippen MR) is 180 cm³/mol. The first-order valence-corrected chi connectivity index (χ1v) is 15.9. The fourth-order valence-electron chi connectivity index (χ4n) is 4.75. The van der Waals surface area contributed by atoms with E-state index >= 15 is 0 Å². The van der Waals surface area contributed by atoms with Gasteiger partial charge < -0.3 is 58.2 Å². The zero-order valence-corrected chi connectivity index (χ0v) is 27.7. The second-order valence-corrected chi connectivity index (χ2v) is 11.6. The fourth-order valence-corrected chi connectivity index (χ4v) is 5.00. The Hall–Kier alpha value is -5.47. The number of H-pyrrole nitrogens is 2. The molecule has 0 saturated heterocycles. The van der Waals surface area contributed by atoms with Crippen LogP contribution in [0.25, 0.3) is 10.9 Å². The molecule has 0 fully saturated rings. The third kappa shape index (κ3) is 11.0. The number of fused-ring (bicyclic) bond motifs is 1. The van der Waals surface area contributed by atoms with Crippen molar-refractivity contribution in [2.75, 3.05) is 12.3 Å². The minimum absolute atomic E-state index is 0.0731. The molecule has 2 aromatic heterocycles. The van der Waals surface area contributed by atoms with Crippen LogP contribution in [-0.4, -0.2) is 115 Å². The molecule has 0 bridgehead atoms. The molecule has 0 spiro atoms. The number of aromatic amines is 2. The summed E-state index contributed by atoms with van der Waals surface area (Å²) in [6.07, 6.45) is 3.60. The minimum Gasteiger partial charge on any atom is -0.481 e. The number of carboxylic acids is 2. The van der Waals surface area contributed by atoms with Crippen molar-refractivity contribution in [2.24, 2.45) is 11.5 Å². The molecule has 3 aromatic rings. The number of aliphatic carboxylic acids is 2. The van der Waals surface area contributed by atoms with Crippen molar-refractivity contribution < 1.29 is 43.8 Å². The average molecular weight is 717 g/mol. The van der Waals surface area contributed by atoms with Gasteiger partial charge in [-0.3, -0.25) is 28.8 Å². The van der Waals surface area contributed by atoms with Crippen LogP contribution in [0.3, 0.4) is 0 Å². The second kappa shape index (κ2) is 18.3. The van der Waals surface area contributed by atoms with Gasteiger partial charge in [0.15, 0.2) is 0 Å². The number of imidazole rings is 1. The van der Waals surface area contributed by atoms with Crippen LogP contribution in [0.5, 0.6) is 0 Å². The van der Waals surface area contributed by atoms with Crippen LogP contribution in [0.15, 0.2) is 43.0 Å². The van der Waals surface area contributed by atoms with Gasteiger partial charge >= 0.3 is 11.9 Å². The van der Waals surface area contributed by atoms with E-state index in [4.69, 9.17) is 16.6 Å². The lowest BCUT2D eigenvalue weighted by atomic mass is 10.0. The lowest BCUT2D eigenvalue weighted by molar-refractivity contribution is -0.142. The van der Waals surface area contributed by atoms with E-state index in [2.05, 4.69) is 54.2 Å². The van der Waals surface area contributed by atoms with E-state index in [0.29, 0.717) is 11.3 Å². The lowest BCUT2D eigenvalue weighted by Gasteiger charge is -2.25. The number of carbonyl (C=O) groups excluding carboxylic acids is 5. The monoisotopic (exact) mass is 716 g/mol. The number of nitrogens with zero attached hydrogens (tertiary/aromatic N) is 1. The topological polar surface area (TPSA) is 317 Å². The Balaban J connectivity index is 1.82. The van der Waals surface area contributed by atoms with Crippen LogP contribution in [0, 0.1) is 0 Å². The molecule has 0 unspecified atom stereocenters. The third-order valence-corrected chi connectivity index (χ3v) is 7.85. The maximum Gasteiger partial charge on any atom is 0.327 e. The largest absolute Gasteiger partial charge is 0.481 e. The SMILES string of the molecule is C[C@H](NC(=O)[C@H](CS)NC(=O)[C@@H](N)CC(=O)O)C(=O)N[C@@H](Cc1c[nH]c2ccccc12)C(=O)N[C@@H](Cc1c[nH]cn1)C(=O)N[C@@H](CN)C(=O)O. The van der Waals surface area contributed by atoms with Crippen molar-refractivity contribution in [1.82, 2.24) is 41.5 Å². The van der Waals surface area contributed by atoms with Gasteiger partial charge in [0.2, 0.25) is 29.5 Å². The minimum atomic E-state index is -1.44. The molecule has 19 nitrogen and oxygen atoms in total. The summed E-state index contributed by atoms with van der Waals surface area (Å²) < 4.78 is 0. The van der Waals surface area contributed by atoms with Crippen LogP contribution in [0.4, 0.5) is 0 Å². The zero-order chi connectivity index (χ0) is 37.0. The maximum atomic E-state index is 13.9. The Morgan fingerprint density at radius 1 is 0.820 bits per heavy atom. The highest BCUT2D eigenvalue weighted by Crippen LogP contribution is 2.19. The smallest absolute Gasteiger partial charge is 0.327 e. The number of rotatable bonds is 19. The molecule has 0 aliphatic rings. The van der Waals surface area contributed by atoms with E-state index in [-0.39, 0.29) is 18.6 Å². The summed E-state index contributed by atoms with van der Waals surface area (Å²) in [6.45, 7) is 0.911. The molecular weight excluding hydrogens is 676 g/mol. The first kappa shape index (κ1) is 39.0. The van der Waals surface area contributed by atoms with Crippen LogP contribution in [0.1, 0.15) is 24.6 Å². The quantitative estimate of drug-likeness (QED) is 0.0549. The number of hydrogen-bond acceptors (Lipinski definition) is 11. The van der Waals surface area contributed by atoms with Crippen molar-refractivity contribution in [3.63, 3.8) is 0 Å². The Labute approximate surface area is 290 Å². The van der Waals surface area contributed by atoms with E-state index in [1.54, 1.807) is 12.3 Å². The average Bonchev–Trinajstić information content (AvgIpc) is 3.74. The molecule has 0 aliphatic carbocycles. The first-order valence-electron chi connectivity index (χ1n) is 15.3. The molecule has 270 valence electrons. The molecule has 0 aliphatic heterocycles. The van der Waals surface area contributed by atoms with Crippen LogP contribution in [-0.2, 0) is 46.4 Å². The number of aromatic nitrogens is 3. The predicted octanol–water partition coefficient (Wildman–Crippen LogP) is -3.10. The molecule has 1 aromatic carbocycles. The number of carbonyl (C=O) groups is 7. The number of benzene rings is 1. The van der Waals surface area contributed by atoms with Gasteiger partial charge in [-0.2, -0.15) is 12.6 Å². The Bertz CT molecular complexity index is 1680. The number of nitrogens with two attached hydrogens (primary N) is 2. The number of hydrogen-bond donors (Lipinski definition) is 12. The Morgan fingerprint density at radius 3 is 2.02 bits per heavy atom. The van der Waals surface area contributed by atoms with Crippen molar-refractivity contribution in [3.8, 4) is 0 Å². The van der Waals surface area contributed by atoms with Crippen molar-refractivity contribution >= 4 is 65.0 Å². The van der Waals surface area contributed by atoms with Gasteiger partial charge in [-0.1, -0.05) is 18.2 Å². The van der Waals surface area contributed by atoms with Gasteiger partial charge in [-0.05, 0) is 18.6 Å². The lowest BCUT2D eigenvalue weighted by Crippen LogP contribution is -2.60. The molecule has 0 saturated carbocycles. The van der Waals surface area contributed by atoms with Crippen molar-refractivity contribution in [3.05, 3.63) is 54.2 Å². The summed E-state index contributed by atoms with van der Waals surface area (Å²) in [5.74, 6) is -7.15. The molecule has 3 rings (SSSR count). The number of amides is 5. The summed E-state index contributed by atoms with van der Waals surface area (Å²) in [5, 5.41) is 31.2. The summed E-state index contributed by atoms with van der Waals surface area (Å²) in [7, 11) is 0. The number of para-hydroxylation sites is 1. The van der Waals surface area contributed by atoms with E-state index in [9.17, 15) is 38.7 Å². The van der Waals surface area contributed by atoms with Gasteiger partial charge in [0, 0.05) is 48.4 Å². The fraction of sp³-hybridized carbons (Fsp3) is 0.400. The second-order valence-electron chi connectivity index (χ2n) is 11.3. The highest BCUT2D eigenvalue weighted by Gasteiger charge is 2.32. The molecular formula is C30H40N10O9S. The van der Waals surface area contributed by atoms with E-state index in [0.717, 1.165) is 10.9 Å². The highest BCUT2D eigenvalue weighted by molar-refractivity contribution is 7.80. The first-order chi connectivity index (χ1) is 23.7.